The van der Waals surface area contributed by atoms with Crippen LogP contribution in [-0.2, 0) is 4.74 Å². The molecule has 74 valence electrons. The Kier molecular flexibility index (Phi) is 1.91. The van der Waals surface area contributed by atoms with Crippen LogP contribution in [-0.4, -0.2) is 23.3 Å². The lowest BCUT2D eigenvalue weighted by Crippen LogP contribution is -2.39. The highest BCUT2D eigenvalue weighted by Gasteiger charge is 2.48. The third-order valence-electron chi connectivity index (χ3n) is 3.43. The predicted molar refractivity (Wildman–Crippen MR) is 53.2 cm³/mol. The van der Waals surface area contributed by atoms with E-state index >= 15 is 0 Å². The van der Waals surface area contributed by atoms with Crippen LogP contribution in [0.1, 0.15) is 33.6 Å². The smallest absolute Gasteiger partial charge is 0.135 e. The van der Waals surface area contributed by atoms with Gasteiger partial charge in [0, 0.05) is 5.70 Å². The first-order valence-corrected chi connectivity index (χ1v) is 5.17. The summed E-state index contributed by atoms with van der Waals surface area (Å²) in [6.45, 7) is 11.5. The van der Waals surface area contributed by atoms with Gasteiger partial charge >= 0.3 is 0 Å². The molecule has 2 aliphatic rings. The molecular weight excluding hydrogens is 162 g/mol. The molecule has 0 aromatic rings. The summed E-state index contributed by atoms with van der Waals surface area (Å²) in [5, 5.41) is 0. The van der Waals surface area contributed by atoms with Crippen molar-refractivity contribution >= 4 is 0 Å². The van der Waals surface area contributed by atoms with Crippen LogP contribution in [0.5, 0.6) is 0 Å². The zero-order valence-corrected chi connectivity index (χ0v) is 8.84. The number of ether oxygens (including phenoxy) is 1. The van der Waals surface area contributed by atoms with Gasteiger partial charge in [0.2, 0.25) is 0 Å². The van der Waals surface area contributed by atoms with Crippen LogP contribution in [0, 0.1) is 5.92 Å². The zero-order valence-electron chi connectivity index (χ0n) is 8.84. The van der Waals surface area contributed by atoms with Crippen molar-refractivity contribution in [3.63, 3.8) is 0 Å². The topological polar surface area (TPSA) is 12.5 Å². The fourth-order valence-electron chi connectivity index (χ4n) is 2.75. The Morgan fingerprint density at radius 3 is 2.92 bits per heavy atom. The summed E-state index contributed by atoms with van der Waals surface area (Å²) in [4.78, 5) is 2.38. The van der Waals surface area contributed by atoms with E-state index in [0.29, 0.717) is 6.04 Å². The van der Waals surface area contributed by atoms with Crippen LogP contribution < -0.4 is 0 Å². The molecule has 2 saturated heterocycles. The second-order valence-electron chi connectivity index (χ2n) is 4.63. The summed E-state index contributed by atoms with van der Waals surface area (Å²) in [5.41, 5.74) is 1.14. The highest BCUT2D eigenvalue weighted by molar-refractivity contribution is 5.13. The van der Waals surface area contributed by atoms with Crippen molar-refractivity contribution < 1.29 is 4.74 Å². The summed E-state index contributed by atoms with van der Waals surface area (Å²) < 4.78 is 5.77. The Bertz CT molecular complexity index is 234. The maximum atomic E-state index is 5.77. The largest absolute Gasteiger partial charge is 0.354 e. The van der Waals surface area contributed by atoms with E-state index in [0.717, 1.165) is 18.9 Å². The van der Waals surface area contributed by atoms with Gasteiger partial charge in [-0.05, 0) is 26.2 Å². The van der Waals surface area contributed by atoms with Crippen molar-refractivity contribution in [1.82, 2.24) is 4.90 Å². The van der Waals surface area contributed by atoms with Gasteiger partial charge < -0.3 is 9.64 Å². The molecule has 0 N–H and O–H groups in total. The molecule has 2 heteroatoms. The monoisotopic (exact) mass is 181 g/mol. The molecule has 0 aliphatic carbocycles. The van der Waals surface area contributed by atoms with E-state index in [1.54, 1.807) is 0 Å². The number of rotatable bonds is 1. The highest BCUT2D eigenvalue weighted by atomic mass is 16.5. The van der Waals surface area contributed by atoms with Gasteiger partial charge in [-0.1, -0.05) is 19.9 Å². The van der Waals surface area contributed by atoms with E-state index in [2.05, 4.69) is 32.3 Å². The molecule has 0 aromatic carbocycles. The second-order valence-corrected chi connectivity index (χ2v) is 4.63. The summed E-state index contributed by atoms with van der Waals surface area (Å²) in [5.74, 6) is 0.759. The molecule has 2 nitrogen and oxygen atoms in total. The number of hydrogen-bond donors (Lipinski definition) is 0. The molecule has 13 heavy (non-hydrogen) atoms. The van der Waals surface area contributed by atoms with E-state index in [1.807, 2.05) is 0 Å². The second kappa shape index (κ2) is 2.74. The Balaban J connectivity index is 2.24. The van der Waals surface area contributed by atoms with E-state index in [4.69, 9.17) is 4.74 Å². The van der Waals surface area contributed by atoms with Crippen LogP contribution in [0.2, 0.25) is 0 Å². The predicted octanol–water partition coefficient (Wildman–Crippen LogP) is 2.37. The average Bonchev–Trinajstić information content (AvgIpc) is 2.53. The van der Waals surface area contributed by atoms with E-state index in [9.17, 15) is 0 Å². The fourth-order valence-corrected chi connectivity index (χ4v) is 2.75. The van der Waals surface area contributed by atoms with Gasteiger partial charge in [-0.2, -0.15) is 0 Å². The quantitative estimate of drug-likeness (QED) is 0.615. The van der Waals surface area contributed by atoms with Crippen molar-refractivity contribution in [2.24, 2.45) is 5.92 Å². The van der Waals surface area contributed by atoms with Crippen LogP contribution in [0.25, 0.3) is 0 Å². The SMILES string of the molecule is C=C1C[C@@H](CC)[C@H]2COC(C)(C)N12. The molecule has 0 aromatic heterocycles. The van der Waals surface area contributed by atoms with Crippen LogP contribution in [0.15, 0.2) is 12.3 Å². The molecule has 0 radical (unpaired) electrons. The lowest BCUT2D eigenvalue weighted by molar-refractivity contribution is -0.0348. The fraction of sp³-hybridized carbons (Fsp3) is 0.818. The number of nitrogens with zero attached hydrogens (tertiary/aromatic N) is 1. The first-order chi connectivity index (χ1) is 6.06. The summed E-state index contributed by atoms with van der Waals surface area (Å²) >= 11 is 0. The molecule has 2 rings (SSSR count). The molecular formula is C11H19NO. The summed E-state index contributed by atoms with van der Waals surface area (Å²) in [7, 11) is 0. The first kappa shape index (κ1) is 9.07. The molecule has 0 unspecified atom stereocenters. The molecule has 0 saturated carbocycles. The molecule has 0 amide bonds. The average molecular weight is 181 g/mol. The molecule has 2 atom stereocenters. The summed E-state index contributed by atoms with van der Waals surface area (Å²) in [6, 6.07) is 0.590. The first-order valence-electron chi connectivity index (χ1n) is 5.17. The third-order valence-corrected chi connectivity index (χ3v) is 3.43. The highest BCUT2D eigenvalue weighted by Crippen LogP contribution is 2.43. The van der Waals surface area contributed by atoms with Crippen LogP contribution in [0.4, 0.5) is 0 Å². The Morgan fingerprint density at radius 1 is 1.62 bits per heavy atom. The number of hydrogen-bond acceptors (Lipinski definition) is 2. The lowest BCUT2D eigenvalue weighted by Gasteiger charge is -2.32. The maximum absolute atomic E-state index is 5.77. The van der Waals surface area contributed by atoms with Gasteiger partial charge in [-0.3, -0.25) is 0 Å². The molecule has 2 aliphatic heterocycles. The van der Waals surface area contributed by atoms with Crippen molar-refractivity contribution in [3.05, 3.63) is 12.3 Å². The minimum Gasteiger partial charge on any atom is -0.354 e. The molecule has 2 fully saturated rings. The van der Waals surface area contributed by atoms with Gasteiger partial charge in [-0.15, -0.1) is 0 Å². The minimum absolute atomic E-state index is 0.119. The number of allylic oxidation sites excluding steroid dienone is 1. The Labute approximate surface area is 80.6 Å². The molecule has 0 spiro atoms. The van der Waals surface area contributed by atoms with Crippen molar-refractivity contribution in [3.8, 4) is 0 Å². The minimum atomic E-state index is -0.119. The maximum Gasteiger partial charge on any atom is 0.135 e. The van der Waals surface area contributed by atoms with E-state index in [-0.39, 0.29) is 5.72 Å². The van der Waals surface area contributed by atoms with Gasteiger partial charge in [0.05, 0.1) is 12.6 Å². The van der Waals surface area contributed by atoms with Crippen molar-refractivity contribution in [2.75, 3.05) is 6.61 Å². The lowest BCUT2D eigenvalue weighted by atomic mass is 9.98. The van der Waals surface area contributed by atoms with Crippen LogP contribution >= 0.6 is 0 Å². The standard InChI is InChI=1S/C11H19NO/c1-5-9-6-8(2)12-10(9)7-13-11(12,3)4/h9-10H,2,5-7H2,1,3-4H3/t9-,10-/m1/s1. The van der Waals surface area contributed by atoms with Gasteiger partial charge in [0.1, 0.15) is 5.72 Å². The van der Waals surface area contributed by atoms with Crippen molar-refractivity contribution in [2.45, 2.75) is 45.4 Å². The Morgan fingerprint density at radius 2 is 2.31 bits per heavy atom. The Hall–Kier alpha value is -0.500. The van der Waals surface area contributed by atoms with E-state index in [1.165, 1.54) is 12.1 Å². The van der Waals surface area contributed by atoms with Gasteiger partial charge in [0.25, 0.3) is 0 Å². The summed E-state index contributed by atoms with van der Waals surface area (Å²) in [6.07, 6.45) is 2.40. The molecule has 2 heterocycles. The third kappa shape index (κ3) is 1.19. The number of fused-ring (bicyclic) bond motifs is 1. The normalized spacial score (nSPS) is 36.8. The zero-order chi connectivity index (χ0) is 9.64. The van der Waals surface area contributed by atoms with Crippen molar-refractivity contribution in [1.29, 1.82) is 0 Å². The van der Waals surface area contributed by atoms with E-state index < -0.39 is 0 Å². The van der Waals surface area contributed by atoms with Gasteiger partial charge in [-0.25, -0.2) is 0 Å². The van der Waals surface area contributed by atoms with Gasteiger partial charge in [0.15, 0.2) is 0 Å². The van der Waals surface area contributed by atoms with Crippen LogP contribution in [0.3, 0.4) is 0 Å². The molecule has 0 bridgehead atoms.